The summed E-state index contributed by atoms with van der Waals surface area (Å²) in [7, 11) is 0. The van der Waals surface area contributed by atoms with Gasteiger partial charge < -0.3 is 14.8 Å². The van der Waals surface area contributed by atoms with Gasteiger partial charge >= 0.3 is 11.9 Å². The monoisotopic (exact) mass is 388 g/mol. The molecule has 7 nitrogen and oxygen atoms in total. The van der Waals surface area contributed by atoms with Crippen molar-refractivity contribution in [3.63, 3.8) is 0 Å². The molecule has 0 saturated heterocycles. The van der Waals surface area contributed by atoms with Gasteiger partial charge in [0.25, 0.3) is 0 Å². The number of hydrogen-bond donors (Lipinski definition) is 1. The van der Waals surface area contributed by atoms with Crippen LogP contribution in [0.4, 0.5) is 0 Å². The molecule has 0 spiro atoms. The molecule has 0 aromatic heterocycles. The van der Waals surface area contributed by atoms with Crippen LogP contribution in [0.3, 0.4) is 0 Å². The lowest BCUT2D eigenvalue weighted by molar-refractivity contribution is -0.169. The Morgan fingerprint density at radius 1 is 1.07 bits per heavy atom. The molecule has 1 aromatic carbocycles. The molecule has 0 bridgehead atoms. The second kappa shape index (κ2) is 10.0. The summed E-state index contributed by atoms with van der Waals surface area (Å²) in [5, 5.41) is 2.50. The standard InChI is InChI=1S/C21H28N2O5/c1-4-27-19(25)21(22-16(3)24,20(26)28-5-2)15-23-13-11-18(12-14-23)17-9-7-6-8-10-17/h6-11H,4-5,12-15H2,1-3H3,(H,22,24). The van der Waals surface area contributed by atoms with E-state index in [1.165, 1.54) is 12.5 Å². The summed E-state index contributed by atoms with van der Waals surface area (Å²) in [6.45, 7) is 5.93. The number of nitrogens with one attached hydrogen (secondary N) is 1. The fraction of sp³-hybridized carbons (Fsp3) is 0.476. The van der Waals surface area contributed by atoms with Gasteiger partial charge in [-0.25, -0.2) is 9.59 Å². The largest absolute Gasteiger partial charge is 0.464 e. The maximum atomic E-state index is 12.7. The number of carbonyl (C=O) groups is 3. The second-order valence-corrected chi connectivity index (χ2v) is 6.61. The van der Waals surface area contributed by atoms with Crippen LogP contribution in [-0.4, -0.2) is 61.1 Å². The Bertz CT molecular complexity index is 712. The van der Waals surface area contributed by atoms with Gasteiger partial charge in [0.05, 0.1) is 13.2 Å². The van der Waals surface area contributed by atoms with Crippen LogP contribution in [0.15, 0.2) is 36.4 Å². The lowest BCUT2D eigenvalue weighted by Gasteiger charge is -2.36. The van der Waals surface area contributed by atoms with Crippen molar-refractivity contribution in [3.05, 3.63) is 42.0 Å². The van der Waals surface area contributed by atoms with Crippen molar-refractivity contribution < 1.29 is 23.9 Å². The number of ether oxygens (including phenoxy) is 2. The first-order valence-corrected chi connectivity index (χ1v) is 9.53. The van der Waals surface area contributed by atoms with Gasteiger partial charge in [-0.3, -0.25) is 9.69 Å². The number of rotatable bonds is 8. The second-order valence-electron chi connectivity index (χ2n) is 6.61. The van der Waals surface area contributed by atoms with Crippen LogP contribution in [0.5, 0.6) is 0 Å². The molecule has 152 valence electrons. The van der Waals surface area contributed by atoms with Crippen molar-refractivity contribution in [2.45, 2.75) is 32.7 Å². The van der Waals surface area contributed by atoms with E-state index < -0.39 is 23.4 Å². The van der Waals surface area contributed by atoms with Gasteiger partial charge in [0, 0.05) is 26.6 Å². The molecule has 7 heteroatoms. The average molecular weight is 388 g/mol. The zero-order valence-corrected chi connectivity index (χ0v) is 16.7. The summed E-state index contributed by atoms with van der Waals surface area (Å²) in [6.07, 6.45) is 2.85. The summed E-state index contributed by atoms with van der Waals surface area (Å²) in [4.78, 5) is 39.1. The topological polar surface area (TPSA) is 84.9 Å². The maximum Gasteiger partial charge on any atom is 0.345 e. The van der Waals surface area contributed by atoms with E-state index in [4.69, 9.17) is 9.47 Å². The molecule has 1 aromatic rings. The van der Waals surface area contributed by atoms with Crippen LogP contribution >= 0.6 is 0 Å². The first-order chi connectivity index (χ1) is 13.4. The Kier molecular flexibility index (Phi) is 7.75. The summed E-state index contributed by atoms with van der Waals surface area (Å²) in [6, 6.07) is 10.1. The first kappa shape index (κ1) is 21.6. The minimum Gasteiger partial charge on any atom is -0.464 e. The quantitative estimate of drug-likeness (QED) is 0.540. The van der Waals surface area contributed by atoms with E-state index in [9.17, 15) is 14.4 Å². The van der Waals surface area contributed by atoms with E-state index >= 15 is 0 Å². The van der Waals surface area contributed by atoms with Crippen LogP contribution in [0.2, 0.25) is 0 Å². The van der Waals surface area contributed by atoms with Crippen LogP contribution < -0.4 is 5.32 Å². The molecule has 1 aliphatic heterocycles. The highest BCUT2D eigenvalue weighted by Gasteiger charge is 2.51. The van der Waals surface area contributed by atoms with Gasteiger partial charge in [-0.2, -0.15) is 0 Å². The van der Waals surface area contributed by atoms with Crippen molar-refractivity contribution >= 4 is 23.4 Å². The lowest BCUT2D eigenvalue weighted by Crippen LogP contribution is -2.66. The molecule has 0 unspecified atom stereocenters. The Hall–Kier alpha value is -2.67. The fourth-order valence-electron chi connectivity index (χ4n) is 3.27. The maximum absolute atomic E-state index is 12.7. The smallest absolute Gasteiger partial charge is 0.345 e. The highest BCUT2D eigenvalue weighted by atomic mass is 16.6. The molecular formula is C21H28N2O5. The minimum atomic E-state index is -1.88. The van der Waals surface area contributed by atoms with E-state index in [1.807, 2.05) is 23.1 Å². The third-order valence-corrected chi connectivity index (χ3v) is 4.54. The van der Waals surface area contributed by atoms with E-state index in [2.05, 4.69) is 23.5 Å². The van der Waals surface area contributed by atoms with Crippen molar-refractivity contribution in [3.8, 4) is 0 Å². The molecule has 1 N–H and O–H groups in total. The molecule has 2 rings (SSSR count). The molecule has 0 saturated carbocycles. The van der Waals surface area contributed by atoms with Gasteiger partial charge in [0.15, 0.2) is 0 Å². The SMILES string of the molecule is CCOC(=O)C(CN1CC=C(c2ccccc2)CC1)(NC(C)=O)C(=O)OCC. The normalized spacial score (nSPS) is 14.8. The zero-order valence-electron chi connectivity index (χ0n) is 16.7. The highest BCUT2D eigenvalue weighted by molar-refractivity contribution is 6.08. The Balaban J connectivity index is 2.24. The third-order valence-electron chi connectivity index (χ3n) is 4.54. The first-order valence-electron chi connectivity index (χ1n) is 9.53. The van der Waals surface area contributed by atoms with Crippen molar-refractivity contribution in [2.75, 3.05) is 32.8 Å². The highest BCUT2D eigenvalue weighted by Crippen LogP contribution is 2.24. The van der Waals surface area contributed by atoms with E-state index in [0.29, 0.717) is 13.1 Å². The number of nitrogens with zero attached hydrogens (tertiary/aromatic N) is 1. The van der Waals surface area contributed by atoms with Crippen molar-refractivity contribution in [1.29, 1.82) is 0 Å². The molecule has 1 aliphatic rings. The number of amides is 1. The molecular weight excluding hydrogens is 360 g/mol. The summed E-state index contributed by atoms with van der Waals surface area (Å²) in [5.41, 5.74) is 0.496. The van der Waals surface area contributed by atoms with Crippen LogP contribution in [0.25, 0.3) is 5.57 Å². The lowest BCUT2D eigenvalue weighted by atomic mass is 9.95. The molecule has 0 aliphatic carbocycles. The number of esters is 2. The fourth-order valence-corrected chi connectivity index (χ4v) is 3.27. The van der Waals surface area contributed by atoms with Gasteiger partial charge in [0.2, 0.25) is 11.4 Å². The van der Waals surface area contributed by atoms with Crippen LogP contribution in [0, 0.1) is 0 Å². The molecule has 28 heavy (non-hydrogen) atoms. The summed E-state index contributed by atoms with van der Waals surface area (Å²) in [5.74, 6) is -2.11. The zero-order chi connectivity index (χ0) is 20.6. The van der Waals surface area contributed by atoms with E-state index in [0.717, 1.165) is 12.0 Å². The van der Waals surface area contributed by atoms with Crippen molar-refractivity contribution in [1.82, 2.24) is 10.2 Å². The van der Waals surface area contributed by atoms with E-state index in [1.54, 1.807) is 13.8 Å². The van der Waals surface area contributed by atoms with Gasteiger partial charge in [0.1, 0.15) is 0 Å². The third kappa shape index (κ3) is 5.19. The van der Waals surface area contributed by atoms with E-state index in [-0.39, 0.29) is 19.8 Å². The minimum absolute atomic E-state index is 0.0111. The molecule has 0 atom stereocenters. The predicted molar refractivity (Wildman–Crippen MR) is 105 cm³/mol. The van der Waals surface area contributed by atoms with Crippen molar-refractivity contribution in [2.24, 2.45) is 0 Å². The summed E-state index contributed by atoms with van der Waals surface area (Å²) < 4.78 is 10.2. The Labute approximate surface area is 165 Å². The molecule has 0 fully saturated rings. The Morgan fingerprint density at radius 2 is 1.68 bits per heavy atom. The molecule has 1 amide bonds. The van der Waals surface area contributed by atoms with Gasteiger partial charge in [-0.05, 0) is 31.4 Å². The average Bonchev–Trinajstić information content (AvgIpc) is 2.68. The Morgan fingerprint density at radius 3 is 2.14 bits per heavy atom. The number of hydrogen-bond acceptors (Lipinski definition) is 6. The van der Waals surface area contributed by atoms with Crippen LogP contribution in [0.1, 0.15) is 32.8 Å². The summed E-state index contributed by atoms with van der Waals surface area (Å²) >= 11 is 0. The van der Waals surface area contributed by atoms with Crippen LogP contribution in [-0.2, 0) is 23.9 Å². The molecule has 0 radical (unpaired) electrons. The number of benzene rings is 1. The predicted octanol–water partition coefficient (Wildman–Crippen LogP) is 1.78. The molecule has 1 heterocycles. The van der Waals surface area contributed by atoms with Gasteiger partial charge in [-0.1, -0.05) is 36.4 Å². The van der Waals surface area contributed by atoms with Gasteiger partial charge in [-0.15, -0.1) is 0 Å². The number of carbonyl (C=O) groups excluding carboxylic acids is 3.